The standard InChI is InChI=1S/C12H14N2OS/c1-8-13-11(7-16-8)12(15)14-9-3-2-4-10(14)6-5-9/h2-3,7,9-10H,4-6H2,1H3. The molecule has 16 heavy (non-hydrogen) atoms. The van der Waals surface area contributed by atoms with Crippen molar-refractivity contribution in [3.05, 3.63) is 28.2 Å². The third kappa shape index (κ3) is 1.48. The summed E-state index contributed by atoms with van der Waals surface area (Å²) in [6.07, 6.45) is 7.62. The van der Waals surface area contributed by atoms with Crippen molar-refractivity contribution in [2.75, 3.05) is 0 Å². The molecule has 1 aromatic rings. The summed E-state index contributed by atoms with van der Waals surface area (Å²) < 4.78 is 0. The number of carbonyl (C=O) groups excluding carboxylic acids is 1. The van der Waals surface area contributed by atoms with Gasteiger partial charge in [-0.15, -0.1) is 11.3 Å². The highest BCUT2D eigenvalue weighted by Crippen LogP contribution is 2.32. The average Bonchev–Trinajstić information content (AvgIpc) is 2.80. The Morgan fingerprint density at radius 2 is 2.44 bits per heavy atom. The largest absolute Gasteiger partial charge is 0.328 e. The van der Waals surface area contributed by atoms with Crippen LogP contribution in [0.3, 0.4) is 0 Å². The Labute approximate surface area is 98.8 Å². The van der Waals surface area contributed by atoms with E-state index in [4.69, 9.17) is 0 Å². The van der Waals surface area contributed by atoms with E-state index in [2.05, 4.69) is 17.1 Å². The molecule has 2 atom stereocenters. The lowest BCUT2D eigenvalue weighted by atomic mass is 10.1. The lowest BCUT2D eigenvalue weighted by molar-refractivity contribution is 0.0683. The van der Waals surface area contributed by atoms with E-state index in [1.807, 2.05) is 17.2 Å². The Kier molecular flexibility index (Phi) is 2.32. The van der Waals surface area contributed by atoms with Gasteiger partial charge in [0, 0.05) is 11.4 Å². The van der Waals surface area contributed by atoms with E-state index in [-0.39, 0.29) is 5.91 Å². The number of hydrogen-bond acceptors (Lipinski definition) is 3. The van der Waals surface area contributed by atoms with Crippen molar-refractivity contribution >= 4 is 17.2 Å². The topological polar surface area (TPSA) is 33.2 Å². The summed E-state index contributed by atoms with van der Waals surface area (Å²) in [6, 6.07) is 0.720. The van der Waals surface area contributed by atoms with Gasteiger partial charge in [-0.2, -0.15) is 0 Å². The molecule has 4 heteroatoms. The second-order valence-electron chi connectivity index (χ2n) is 4.43. The molecule has 0 saturated carbocycles. The molecule has 1 aromatic heterocycles. The maximum Gasteiger partial charge on any atom is 0.274 e. The van der Waals surface area contributed by atoms with E-state index in [0.717, 1.165) is 24.3 Å². The summed E-state index contributed by atoms with van der Waals surface area (Å²) in [5, 5.41) is 2.83. The van der Waals surface area contributed by atoms with E-state index in [1.165, 1.54) is 0 Å². The van der Waals surface area contributed by atoms with E-state index in [9.17, 15) is 4.79 Å². The van der Waals surface area contributed by atoms with Crippen LogP contribution in [0, 0.1) is 6.92 Å². The fourth-order valence-electron chi connectivity index (χ4n) is 2.64. The van der Waals surface area contributed by atoms with Crippen LogP contribution in [0.25, 0.3) is 0 Å². The van der Waals surface area contributed by atoms with Crippen LogP contribution >= 0.6 is 11.3 Å². The minimum atomic E-state index is 0.112. The fraction of sp³-hybridized carbons (Fsp3) is 0.500. The molecule has 0 N–H and O–H groups in total. The van der Waals surface area contributed by atoms with Crippen molar-refractivity contribution in [1.29, 1.82) is 0 Å². The Morgan fingerprint density at radius 1 is 1.56 bits per heavy atom. The quantitative estimate of drug-likeness (QED) is 0.699. The van der Waals surface area contributed by atoms with Crippen LogP contribution in [0.5, 0.6) is 0 Å². The van der Waals surface area contributed by atoms with Gasteiger partial charge in [-0.1, -0.05) is 12.2 Å². The number of amides is 1. The van der Waals surface area contributed by atoms with Crippen LogP contribution in [0.1, 0.15) is 34.8 Å². The van der Waals surface area contributed by atoms with Gasteiger partial charge in [-0.05, 0) is 26.2 Å². The monoisotopic (exact) mass is 234 g/mol. The predicted molar refractivity (Wildman–Crippen MR) is 63.6 cm³/mol. The lowest BCUT2D eigenvalue weighted by Crippen LogP contribution is -2.42. The summed E-state index contributed by atoms with van der Waals surface area (Å²) in [6.45, 7) is 1.94. The van der Waals surface area contributed by atoms with Crippen LogP contribution < -0.4 is 0 Å². The normalized spacial score (nSPS) is 27.4. The highest BCUT2D eigenvalue weighted by atomic mass is 32.1. The Hall–Kier alpha value is -1.16. The minimum Gasteiger partial charge on any atom is -0.328 e. The van der Waals surface area contributed by atoms with Gasteiger partial charge >= 0.3 is 0 Å². The van der Waals surface area contributed by atoms with Gasteiger partial charge in [0.2, 0.25) is 0 Å². The van der Waals surface area contributed by atoms with Crippen molar-refractivity contribution in [2.45, 2.75) is 38.3 Å². The Bertz CT molecular complexity index is 452. The van der Waals surface area contributed by atoms with Crippen LogP contribution in [0.4, 0.5) is 0 Å². The molecular weight excluding hydrogens is 220 g/mol. The van der Waals surface area contributed by atoms with Gasteiger partial charge in [-0.25, -0.2) is 4.98 Å². The molecule has 0 aromatic carbocycles. The van der Waals surface area contributed by atoms with Gasteiger partial charge in [0.05, 0.1) is 11.0 Å². The first kappa shape index (κ1) is 10.0. The summed E-state index contributed by atoms with van der Waals surface area (Å²) >= 11 is 1.54. The number of thiazole rings is 1. The molecular formula is C12H14N2OS. The van der Waals surface area contributed by atoms with Crippen molar-refractivity contribution in [3.8, 4) is 0 Å². The van der Waals surface area contributed by atoms with Gasteiger partial charge < -0.3 is 4.90 Å². The van der Waals surface area contributed by atoms with E-state index >= 15 is 0 Å². The summed E-state index contributed by atoms with van der Waals surface area (Å²) in [7, 11) is 0. The number of hydrogen-bond donors (Lipinski definition) is 0. The first-order chi connectivity index (χ1) is 7.75. The molecule has 84 valence electrons. The predicted octanol–water partition coefficient (Wildman–Crippen LogP) is 2.38. The van der Waals surface area contributed by atoms with Gasteiger partial charge in [0.15, 0.2) is 0 Å². The van der Waals surface area contributed by atoms with E-state index in [0.29, 0.717) is 17.8 Å². The number of nitrogens with zero attached hydrogens (tertiary/aromatic N) is 2. The van der Waals surface area contributed by atoms with Crippen molar-refractivity contribution in [3.63, 3.8) is 0 Å². The van der Waals surface area contributed by atoms with Crippen LogP contribution in [0.2, 0.25) is 0 Å². The molecule has 3 rings (SSSR count). The van der Waals surface area contributed by atoms with E-state index < -0.39 is 0 Å². The third-order valence-electron chi connectivity index (χ3n) is 3.39. The fourth-order valence-corrected chi connectivity index (χ4v) is 3.22. The number of aromatic nitrogens is 1. The molecule has 2 aliphatic rings. The van der Waals surface area contributed by atoms with E-state index in [1.54, 1.807) is 11.3 Å². The number of carbonyl (C=O) groups is 1. The molecule has 2 bridgehead atoms. The smallest absolute Gasteiger partial charge is 0.274 e. The lowest BCUT2D eigenvalue weighted by Gasteiger charge is -2.30. The van der Waals surface area contributed by atoms with Crippen molar-refractivity contribution < 1.29 is 4.79 Å². The Balaban J connectivity index is 1.88. The van der Waals surface area contributed by atoms with Gasteiger partial charge in [0.25, 0.3) is 5.91 Å². The molecule has 1 amide bonds. The van der Waals surface area contributed by atoms with Gasteiger partial charge in [0.1, 0.15) is 5.69 Å². The SMILES string of the molecule is Cc1nc(C(=O)N2C3C=CCC2CC3)cs1. The maximum absolute atomic E-state index is 12.3. The van der Waals surface area contributed by atoms with Crippen molar-refractivity contribution in [2.24, 2.45) is 0 Å². The molecule has 0 radical (unpaired) electrons. The number of fused-ring (bicyclic) bond motifs is 2. The summed E-state index contributed by atoms with van der Waals surface area (Å²) in [5.41, 5.74) is 0.620. The summed E-state index contributed by atoms with van der Waals surface area (Å²) in [4.78, 5) is 18.6. The molecule has 3 nitrogen and oxygen atoms in total. The molecule has 2 aliphatic heterocycles. The molecule has 2 unspecified atom stereocenters. The van der Waals surface area contributed by atoms with Crippen molar-refractivity contribution in [1.82, 2.24) is 9.88 Å². The second-order valence-corrected chi connectivity index (χ2v) is 5.49. The molecule has 0 spiro atoms. The first-order valence-electron chi connectivity index (χ1n) is 5.67. The van der Waals surface area contributed by atoms with Crippen LogP contribution in [0.15, 0.2) is 17.5 Å². The highest BCUT2D eigenvalue weighted by molar-refractivity contribution is 7.09. The van der Waals surface area contributed by atoms with Gasteiger partial charge in [-0.3, -0.25) is 4.79 Å². The maximum atomic E-state index is 12.3. The third-order valence-corrected chi connectivity index (χ3v) is 4.16. The zero-order valence-corrected chi connectivity index (χ0v) is 10.0. The number of aryl methyl sites for hydroxylation is 1. The Morgan fingerprint density at radius 3 is 3.12 bits per heavy atom. The molecule has 0 aliphatic carbocycles. The highest BCUT2D eigenvalue weighted by Gasteiger charge is 2.38. The first-order valence-corrected chi connectivity index (χ1v) is 6.55. The number of rotatable bonds is 1. The molecule has 3 heterocycles. The average molecular weight is 234 g/mol. The molecule has 1 fully saturated rings. The zero-order valence-electron chi connectivity index (χ0n) is 9.22. The van der Waals surface area contributed by atoms with Crippen LogP contribution in [-0.4, -0.2) is 27.9 Å². The molecule has 1 saturated heterocycles. The summed E-state index contributed by atoms with van der Waals surface area (Å²) in [5.74, 6) is 0.112. The van der Waals surface area contributed by atoms with Crippen LogP contribution in [-0.2, 0) is 0 Å². The minimum absolute atomic E-state index is 0.112. The second kappa shape index (κ2) is 3.70. The zero-order chi connectivity index (χ0) is 11.1.